The van der Waals surface area contributed by atoms with E-state index >= 15 is 0 Å². The van der Waals surface area contributed by atoms with Crippen LogP contribution in [0.15, 0.2) is 97.1 Å². The molecule has 306 valence electrons. The summed E-state index contributed by atoms with van der Waals surface area (Å²) in [7, 11) is 0. The van der Waals surface area contributed by atoms with Gasteiger partial charge in [0, 0.05) is 37.6 Å². The summed E-state index contributed by atoms with van der Waals surface area (Å²) in [4.78, 5) is 5.31. The lowest BCUT2D eigenvalue weighted by Crippen LogP contribution is -2.25. The molecule has 0 spiro atoms. The number of anilines is 2. The van der Waals surface area contributed by atoms with Crippen LogP contribution >= 0.6 is 0 Å². The van der Waals surface area contributed by atoms with Crippen molar-refractivity contribution in [1.29, 1.82) is 0 Å². The number of rotatable bonds is 29. The van der Waals surface area contributed by atoms with Crippen molar-refractivity contribution in [3.63, 3.8) is 0 Å². The van der Waals surface area contributed by atoms with Gasteiger partial charge < -0.3 is 9.80 Å². The van der Waals surface area contributed by atoms with E-state index in [0.29, 0.717) is 11.8 Å². The van der Waals surface area contributed by atoms with Gasteiger partial charge in [-0.1, -0.05) is 179 Å². The number of hydrogen-bond acceptors (Lipinski definition) is 2. The van der Waals surface area contributed by atoms with Gasteiger partial charge in [0.2, 0.25) is 0 Å². The van der Waals surface area contributed by atoms with Crippen LogP contribution in [0.5, 0.6) is 0 Å². The molecule has 4 aromatic rings. The molecule has 4 rings (SSSR count). The lowest BCUT2D eigenvalue weighted by Gasteiger charge is -2.27. The summed E-state index contributed by atoms with van der Waals surface area (Å²) in [6, 6.07) is 38.0. The van der Waals surface area contributed by atoms with Gasteiger partial charge >= 0.3 is 0 Å². The summed E-state index contributed by atoms with van der Waals surface area (Å²) < 4.78 is 0. The Hall–Kier alpha value is -3.52. The molecule has 0 bridgehead atoms. The highest BCUT2D eigenvalue weighted by atomic mass is 15.1. The molecule has 4 aromatic carbocycles. The minimum Gasteiger partial charge on any atom is -0.372 e. The lowest BCUT2D eigenvalue weighted by molar-refractivity contribution is 0.589. The quantitative estimate of drug-likeness (QED) is 0.0509. The average Bonchev–Trinajstić information content (AvgIpc) is 3.23. The maximum Gasteiger partial charge on any atom is 0.0366 e. The summed E-state index contributed by atoms with van der Waals surface area (Å²) in [5.41, 5.74) is 11.6. The normalized spacial score (nSPS) is 12.5. The Kier molecular flexibility index (Phi) is 21.3. The minimum absolute atomic E-state index is 0.488. The van der Waals surface area contributed by atoms with Crippen molar-refractivity contribution in [2.75, 3.05) is 36.0 Å². The molecule has 0 N–H and O–H groups in total. The Morgan fingerprint density at radius 2 is 0.821 bits per heavy atom. The van der Waals surface area contributed by atoms with Gasteiger partial charge in [0.15, 0.2) is 0 Å². The van der Waals surface area contributed by atoms with E-state index in [0.717, 1.165) is 12.8 Å². The molecular formula is C54H80N2. The fourth-order valence-corrected chi connectivity index (χ4v) is 8.80. The van der Waals surface area contributed by atoms with E-state index in [2.05, 4.69) is 148 Å². The number of hydrogen-bond donors (Lipinski definition) is 0. The van der Waals surface area contributed by atoms with Gasteiger partial charge in [-0.25, -0.2) is 0 Å². The fourth-order valence-electron chi connectivity index (χ4n) is 8.80. The number of nitrogens with zero attached hydrogens (tertiary/aromatic N) is 2. The largest absolute Gasteiger partial charge is 0.372 e. The van der Waals surface area contributed by atoms with Crippen molar-refractivity contribution in [2.45, 2.75) is 169 Å². The second-order valence-electron chi connectivity index (χ2n) is 16.7. The van der Waals surface area contributed by atoms with E-state index in [9.17, 15) is 0 Å². The van der Waals surface area contributed by atoms with Crippen LogP contribution in [0.4, 0.5) is 11.4 Å². The molecule has 0 aliphatic rings. The second-order valence-corrected chi connectivity index (χ2v) is 16.7. The summed E-state index contributed by atoms with van der Waals surface area (Å²) in [6.07, 6.45) is 22.4. The maximum atomic E-state index is 2.66. The number of benzene rings is 4. The fraction of sp³-hybridized carbons (Fsp3) is 0.556. The van der Waals surface area contributed by atoms with Crippen molar-refractivity contribution in [2.24, 2.45) is 0 Å². The highest BCUT2D eigenvalue weighted by Gasteiger charge is 2.21. The first-order chi connectivity index (χ1) is 27.6. The lowest BCUT2D eigenvalue weighted by atomic mass is 9.80. The van der Waals surface area contributed by atoms with Gasteiger partial charge in [0.1, 0.15) is 0 Å². The molecule has 2 unspecified atom stereocenters. The van der Waals surface area contributed by atoms with Gasteiger partial charge in [-0.05, 0) is 121 Å². The van der Waals surface area contributed by atoms with Gasteiger partial charge in [-0.3, -0.25) is 0 Å². The van der Waals surface area contributed by atoms with Crippen LogP contribution in [-0.2, 0) is 12.8 Å². The van der Waals surface area contributed by atoms with E-state index < -0.39 is 0 Å². The van der Waals surface area contributed by atoms with Gasteiger partial charge in [-0.2, -0.15) is 0 Å². The zero-order valence-electron chi connectivity index (χ0n) is 36.8. The SMILES string of the molecule is CCCCCN(CCCCC)c1ccc(C(CCC)Cc2cccc(-c3ccccc3)c2CC(CCC)c2ccc(N(CCCCC)CCCCC)cc2)cc1. The van der Waals surface area contributed by atoms with E-state index in [1.807, 2.05) is 0 Å². The van der Waals surface area contributed by atoms with E-state index in [-0.39, 0.29) is 0 Å². The first-order valence-electron chi connectivity index (χ1n) is 23.4. The predicted molar refractivity (Wildman–Crippen MR) is 250 cm³/mol. The molecule has 56 heavy (non-hydrogen) atoms. The zero-order valence-corrected chi connectivity index (χ0v) is 36.8. The van der Waals surface area contributed by atoms with Crippen molar-refractivity contribution in [3.8, 4) is 11.1 Å². The van der Waals surface area contributed by atoms with Crippen LogP contribution in [-0.4, -0.2) is 26.2 Å². The monoisotopic (exact) mass is 757 g/mol. The van der Waals surface area contributed by atoms with E-state index in [1.54, 1.807) is 5.56 Å². The van der Waals surface area contributed by atoms with Crippen LogP contribution in [0.2, 0.25) is 0 Å². The summed E-state index contributed by atoms with van der Waals surface area (Å²) in [6.45, 7) is 18.6. The van der Waals surface area contributed by atoms with Crippen LogP contribution in [0, 0.1) is 0 Å². The minimum atomic E-state index is 0.488. The standard InChI is InChI=1S/C54H80N2/c1-7-13-20-39-55(40-21-14-8-2)51-35-31-45(32-36-51)48(25-11-5)43-50-29-24-30-53(47-27-18-17-19-28-47)54(50)44-49(26-12-6)46-33-37-52(38-34-46)56(41-22-15-9-3)42-23-16-10-4/h17-19,24,27-38,48-49H,7-16,20-23,25-26,39-44H2,1-6H3. The molecule has 0 heterocycles. The molecule has 0 saturated carbocycles. The topological polar surface area (TPSA) is 6.48 Å². The molecule has 0 amide bonds. The van der Waals surface area contributed by atoms with Gasteiger partial charge in [0.25, 0.3) is 0 Å². The van der Waals surface area contributed by atoms with Crippen molar-refractivity contribution in [1.82, 2.24) is 0 Å². The van der Waals surface area contributed by atoms with Gasteiger partial charge in [0.05, 0.1) is 0 Å². The smallest absolute Gasteiger partial charge is 0.0366 e. The predicted octanol–water partition coefficient (Wildman–Crippen LogP) is 16.0. The van der Waals surface area contributed by atoms with Crippen LogP contribution in [0.25, 0.3) is 11.1 Å². The van der Waals surface area contributed by atoms with Crippen LogP contribution in [0.1, 0.15) is 178 Å². The molecule has 2 atom stereocenters. The summed E-state index contributed by atoms with van der Waals surface area (Å²) in [5, 5.41) is 0. The Morgan fingerprint density at radius 3 is 1.23 bits per heavy atom. The molecule has 0 aliphatic carbocycles. The third kappa shape index (κ3) is 14.5. The zero-order chi connectivity index (χ0) is 39.8. The molecule has 0 radical (unpaired) electrons. The van der Waals surface area contributed by atoms with Crippen LogP contribution in [0.3, 0.4) is 0 Å². The third-order valence-electron chi connectivity index (χ3n) is 12.1. The Labute approximate surface area is 345 Å². The molecular weight excluding hydrogens is 677 g/mol. The molecule has 0 fully saturated rings. The first-order valence-corrected chi connectivity index (χ1v) is 23.4. The molecule has 2 heteroatoms. The highest BCUT2D eigenvalue weighted by molar-refractivity contribution is 5.69. The summed E-state index contributed by atoms with van der Waals surface area (Å²) in [5.74, 6) is 0.990. The maximum absolute atomic E-state index is 2.66. The Balaban J connectivity index is 1.65. The highest BCUT2D eigenvalue weighted by Crippen LogP contribution is 2.37. The summed E-state index contributed by atoms with van der Waals surface area (Å²) >= 11 is 0. The molecule has 0 aliphatic heterocycles. The van der Waals surface area contributed by atoms with Crippen molar-refractivity contribution >= 4 is 11.4 Å². The Bertz CT molecular complexity index is 1550. The van der Waals surface area contributed by atoms with Crippen LogP contribution < -0.4 is 9.80 Å². The molecule has 0 saturated heterocycles. The Morgan fingerprint density at radius 1 is 0.393 bits per heavy atom. The van der Waals surface area contributed by atoms with E-state index in [4.69, 9.17) is 0 Å². The molecule has 2 nitrogen and oxygen atoms in total. The molecule has 0 aromatic heterocycles. The average molecular weight is 757 g/mol. The second kappa shape index (κ2) is 26.4. The van der Waals surface area contributed by atoms with Gasteiger partial charge in [-0.15, -0.1) is 0 Å². The van der Waals surface area contributed by atoms with Crippen molar-refractivity contribution in [3.05, 3.63) is 119 Å². The number of unbranched alkanes of at least 4 members (excludes halogenated alkanes) is 8. The third-order valence-corrected chi connectivity index (χ3v) is 12.1. The van der Waals surface area contributed by atoms with Crippen molar-refractivity contribution < 1.29 is 0 Å². The van der Waals surface area contributed by atoms with E-state index in [1.165, 1.54) is 168 Å². The first kappa shape index (κ1) is 45.2.